The van der Waals surface area contributed by atoms with E-state index in [1.807, 2.05) is 11.5 Å². The first-order valence-corrected chi connectivity index (χ1v) is 6.52. The van der Waals surface area contributed by atoms with Gasteiger partial charge in [0.25, 0.3) is 0 Å². The van der Waals surface area contributed by atoms with Crippen molar-refractivity contribution in [1.29, 1.82) is 0 Å². The van der Waals surface area contributed by atoms with Gasteiger partial charge in [-0.2, -0.15) is 13.2 Å². The van der Waals surface area contributed by atoms with Gasteiger partial charge in [0, 0.05) is 20.1 Å². The number of hydrogen-bond donors (Lipinski definition) is 0. The van der Waals surface area contributed by atoms with Gasteiger partial charge in [-0.3, -0.25) is 0 Å². The number of ether oxygens (including phenoxy) is 1. The second kappa shape index (κ2) is 5.83. The van der Waals surface area contributed by atoms with Crippen LogP contribution in [0.15, 0.2) is 18.2 Å². The summed E-state index contributed by atoms with van der Waals surface area (Å²) in [5, 5.41) is 0. The third-order valence-electron chi connectivity index (χ3n) is 3.15. The molecule has 0 amide bonds. The highest BCUT2D eigenvalue weighted by Crippen LogP contribution is 2.31. The lowest BCUT2D eigenvalue weighted by molar-refractivity contribution is -0.137. The van der Waals surface area contributed by atoms with Crippen molar-refractivity contribution in [2.45, 2.75) is 32.5 Å². The second-order valence-corrected chi connectivity index (χ2v) is 4.62. The van der Waals surface area contributed by atoms with Crippen LogP contribution in [-0.2, 0) is 23.9 Å². The summed E-state index contributed by atoms with van der Waals surface area (Å²) >= 11 is 0. The van der Waals surface area contributed by atoms with E-state index in [9.17, 15) is 13.2 Å². The lowest BCUT2D eigenvalue weighted by Crippen LogP contribution is -2.08. The number of alkyl halides is 3. The van der Waals surface area contributed by atoms with Crippen LogP contribution in [0.2, 0.25) is 0 Å². The van der Waals surface area contributed by atoms with Gasteiger partial charge in [-0.05, 0) is 24.6 Å². The molecule has 1 aromatic carbocycles. The van der Waals surface area contributed by atoms with Gasteiger partial charge < -0.3 is 9.30 Å². The molecule has 3 nitrogen and oxygen atoms in total. The third kappa shape index (κ3) is 2.95. The van der Waals surface area contributed by atoms with Crippen LogP contribution in [0.25, 0.3) is 11.0 Å². The number of rotatable bonds is 5. The van der Waals surface area contributed by atoms with Gasteiger partial charge in [0.2, 0.25) is 0 Å². The summed E-state index contributed by atoms with van der Waals surface area (Å²) in [6, 6.07) is 3.70. The molecule has 0 aliphatic rings. The molecule has 0 fully saturated rings. The topological polar surface area (TPSA) is 27.1 Å². The lowest BCUT2D eigenvalue weighted by Gasteiger charge is -2.09. The van der Waals surface area contributed by atoms with E-state index in [-0.39, 0.29) is 0 Å². The quantitative estimate of drug-likeness (QED) is 0.839. The van der Waals surface area contributed by atoms with Crippen molar-refractivity contribution in [3.63, 3.8) is 0 Å². The fourth-order valence-corrected chi connectivity index (χ4v) is 2.20. The largest absolute Gasteiger partial charge is 0.416 e. The van der Waals surface area contributed by atoms with Crippen molar-refractivity contribution in [1.82, 2.24) is 9.55 Å². The van der Waals surface area contributed by atoms with Crippen molar-refractivity contribution >= 4 is 11.0 Å². The number of halogens is 3. The van der Waals surface area contributed by atoms with Crippen LogP contribution >= 0.6 is 0 Å². The monoisotopic (exact) mass is 286 g/mol. The molecular weight excluding hydrogens is 269 g/mol. The van der Waals surface area contributed by atoms with Crippen LogP contribution in [0.4, 0.5) is 13.2 Å². The Labute approximate surface area is 115 Å². The number of aryl methyl sites for hydroxylation is 1. The lowest BCUT2D eigenvalue weighted by atomic mass is 10.2. The first kappa shape index (κ1) is 14.8. The molecule has 2 aromatic rings. The summed E-state index contributed by atoms with van der Waals surface area (Å²) < 4.78 is 45.1. The van der Waals surface area contributed by atoms with Crippen LogP contribution in [0.5, 0.6) is 0 Å². The second-order valence-electron chi connectivity index (χ2n) is 4.62. The molecule has 1 aromatic heterocycles. The summed E-state index contributed by atoms with van der Waals surface area (Å²) in [7, 11) is 1.60. The van der Waals surface area contributed by atoms with Crippen molar-refractivity contribution in [3.8, 4) is 0 Å². The number of methoxy groups -OCH3 is 1. The molecule has 0 spiro atoms. The Bertz CT molecular complexity index is 590. The Balaban J connectivity index is 2.49. The average Bonchev–Trinajstić information content (AvgIpc) is 2.72. The van der Waals surface area contributed by atoms with Crippen molar-refractivity contribution in [2.24, 2.45) is 0 Å². The molecule has 20 heavy (non-hydrogen) atoms. The number of imidazole rings is 1. The van der Waals surface area contributed by atoms with E-state index in [0.717, 1.165) is 36.3 Å². The van der Waals surface area contributed by atoms with Crippen molar-refractivity contribution in [3.05, 3.63) is 29.6 Å². The summed E-state index contributed by atoms with van der Waals surface area (Å²) in [5.41, 5.74) is 0.447. The van der Waals surface area contributed by atoms with E-state index in [1.165, 1.54) is 6.07 Å². The third-order valence-corrected chi connectivity index (χ3v) is 3.15. The minimum Gasteiger partial charge on any atom is -0.383 e. The maximum Gasteiger partial charge on any atom is 0.416 e. The van der Waals surface area contributed by atoms with E-state index < -0.39 is 11.7 Å². The van der Waals surface area contributed by atoms with Gasteiger partial charge in [0.1, 0.15) is 5.82 Å². The maximum absolute atomic E-state index is 12.7. The zero-order valence-electron chi connectivity index (χ0n) is 11.5. The molecule has 0 aliphatic carbocycles. The molecular formula is C14H17F3N2O. The fraction of sp³-hybridized carbons (Fsp3) is 0.500. The minimum atomic E-state index is -4.34. The minimum absolute atomic E-state index is 0.388. The molecule has 0 atom stereocenters. The number of fused-ring (bicyclic) bond motifs is 1. The van der Waals surface area contributed by atoms with E-state index in [4.69, 9.17) is 4.74 Å². The molecule has 6 heteroatoms. The predicted molar refractivity (Wildman–Crippen MR) is 70.6 cm³/mol. The zero-order valence-corrected chi connectivity index (χ0v) is 11.5. The van der Waals surface area contributed by atoms with Gasteiger partial charge in [0.05, 0.1) is 23.2 Å². The fourth-order valence-electron chi connectivity index (χ4n) is 2.20. The molecule has 0 aliphatic heterocycles. The average molecular weight is 286 g/mol. The highest BCUT2D eigenvalue weighted by atomic mass is 19.4. The van der Waals surface area contributed by atoms with E-state index in [1.54, 1.807) is 7.11 Å². The van der Waals surface area contributed by atoms with Gasteiger partial charge in [-0.15, -0.1) is 0 Å². The summed E-state index contributed by atoms with van der Waals surface area (Å²) in [4.78, 5) is 4.34. The van der Waals surface area contributed by atoms with Gasteiger partial charge >= 0.3 is 6.18 Å². The standard InChI is InChI=1S/C14H17F3N2O/c1-3-4-13-18-11-9-10(14(15,16)17)5-6-12(11)19(13)7-8-20-2/h5-6,9H,3-4,7-8H2,1-2H3. The Morgan fingerprint density at radius 1 is 1.30 bits per heavy atom. The van der Waals surface area contributed by atoms with E-state index in [0.29, 0.717) is 18.7 Å². The van der Waals surface area contributed by atoms with Crippen LogP contribution in [0, 0.1) is 0 Å². The highest BCUT2D eigenvalue weighted by Gasteiger charge is 2.31. The van der Waals surface area contributed by atoms with E-state index >= 15 is 0 Å². The van der Waals surface area contributed by atoms with Gasteiger partial charge in [-0.1, -0.05) is 6.92 Å². The SMILES string of the molecule is CCCc1nc2cc(C(F)(F)F)ccc2n1CCOC. The molecule has 2 rings (SSSR count). The smallest absolute Gasteiger partial charge is 0.383 e. The number of benzene rings is 1. The number of aromatic nitrogens is 2. The Kier molecular flexibility index (Phi) is 4.32. The Morgan fingerprint density at radius 3 is 2.65 bits per heavy atom. The van der Waals surface area contributed by atoms with E-state index in [2.05, 4.69) is 4.98 Å². The van der Waals surface area contributed by atoms with Crippen LogP contribution in [0.1, 0.15) is 24.7 Å². The van der Waals surface area contributed by atoms with Crippen LogP contribution < -0.4 is 0 Å². The normalized spacial score (nSPS) is 12.2. The van der Waals surface area contributed by atoms with Crippen LogP contribution in [-0.4, -0.2) is 23.3 Å². The Hall–Kier alpha value is -1.56. The molecule has 110 valence electrons. The first-order valence-electron chi connectivity index (χ1n) is 6.52. The zero-order chi connectivity index (χ0) is 14.8. The molecule has 0 saturated carbocycles. The number of nitrogens with zero attached hydrogens (tertiary/aromatic N) is 2. The highest BCUT2D eigenvalue weighted by molar-refractivity contribution is 5.77. The predicted octanol–water partition coefficient (Wildman–Crippen LogP) is 3.65. The number of hydrogen-bond acceptors (Lipinski definition) is 2. The van der Waals surface area contributed by atoms with Gasteiger partial charge in [0.15, 0.2) is 0 Å². The first-order chi connectivity index (χ1) is 9.47. The van der Waals surface area contributed by atoms with Crippen molar-refractivity contribution in [2.75, 3.05) is 13.7 Å². The maximum atomic E-state index is 12.7. The molecule has 0 N–H and O–H groups in total. The van der Waals surface area contributed by atoms with Gasteiger partial charge in [-0.25, -0.2) is 4.98 Å². The summed E-state index contributed by atoms with van der Waals surface area (Å²) in [5.74, 6) is 0.805. The summed E-state index contributed by atoms with van der Waals surface area (Å²) in [6.07, 6.45) is -2.71. The molecule has 0 radical (unpaired) electrons. The molecule has 1 heterocycles. The molecule has 0 bridgehead atoms. The molecule has 0 unspecified atom stereocenters. The summed E-state index contributed by atoms with van der Waals surface area (Å²) in [6.45, 7) is 3.11. The Morgan fingerprint density at radius 2 is 2.05 bits per heavy atom. The molecule has 0 saturated heterocycles. The van der Waals surface area contributed by atoms with Crippen molar-refractivity contribution < 1.29 is 17.9 Å². The van der Waals surface area contributed by atoms with Crippen LogP contribution in [0.3, 0.4) is 0 Å².